The van der Waals surface area contributed by atoms with E-state index in [1.165, 1.54) is 24.0 Å². The van der Waals surface area contributed by atoms with Gasteiger partial charge in [0, 0.05) is 30.5 Å². The molecule has 3 aromatic rings. The Labute approximate surface area is 184 Å². The predicted molar refractivity (Wildman–Crippen MR) is 128 cm³/mol. The van der Waals surface area contributed by atoms with E-state index in [1.54, 1.807) is 7.11 Å². The predicted octanol–water partition coefficient (Wildman–Crippen LogP) is 5.83. The molecule has 1 fully saturated rings. The molecule has 0 bridgehead atoms. The van der Waals surface area contributed by atoms with Crippen LogP contribution < -0.4 is 20.3 Å². The lowest BCUT2D eigenvalue weighted by molar-refractivity contribution is 0.415. The van der Waals surface area contributed by atoms with E-state index in [0.717, 1.165) is 47.8 Å². The number of nitrogens with one attached hydrogen (secondary N) is 2. The number of anilines is 5. The van der Waals surface area contributed by atoms with Crippen LogP contribution in [0, 0.1) is 19.8 Å². The lowest BCUT2D eigenvalue weighted by Gasteiger charge is -2.31. The van der Waals surface area contributed by atoms with Crippen LogP contribution in [0.4, 0.5) is 29.0 Å². The van der Waals surface area contributed by atoms with Gasteiger partial charge >= 0.3 is 0 Å². The second kappa shape index (κ2) is 9.25. The van der Waals surface area contributed by atoms with Crippen LogP contribution in [-0.2, 0) is 0 Å². The number of methoxy groups -OCH3 is 1. The van der Waals surface area contributed by atoms with E-state index >= 15 is 0 Å². The second-order valence-corrected chi connectivity index (χ2v) is 8.40. The molecule has 0 spiro atoms. The molecule has 1 aromatic heterocycles. The number of ether oxygens (including phenoxy) is 1. The van der Waals surface area contributed by atoms with Gasteiger partial charge in [-0.3, -0.25) is 0 Å². The minimum absolute atomic E-state index is 0.578. The summed E-state index contributed by atoms with van der Waals surface area (Å²) in [6, 6.07) is 16.2. The smallest absolute Gasteiger partial charge is 0.231 e. The first-order valence-electron chi connectivity index (χ1n) is 10.9. The summed E-state index contributed by atoms with van der Waals surface area (Å²) in [5, 5.41) is 6.86. The van der Waals surface area contributed by atoms with Gasteiger partial charge in [-0.2, -0.15) is 9.97 Å². The Morgan fingerprint density at radius 3 is 2.39 bits per heavy atom. The van der Waals surface area contributed by atoms with Crippen molar-refractivity contribution < 1.29 is 4.74 Å². The number of aryl methyl sites for hydroxylation is 2. The van der Waals surface area contributed by atoms with Gasteiger partial charge in [0.2, 0.25) is 5.95 Å². The molecular weight excluding hydrogens is 386 g/mol. The average Bonchev–Trinajstić information content (AvgIpc) is 2.77. The van der Waals surface area contributed by atoms with E-state index in [0.29, 0.717) is 5.95 Å². The first kappa shape index (κ1) is 21.0. The van der Waals surface area contributed by atoms with E-state index in [2.05, 4.69) is 60.6 Å². The molecule has 0 saturated carbocycles. The van der Waals surface area contributed by atoms with Crippen LogP contribution in [0.15, 0.2) is 48.5 Å². The molecule has 4 rings (SSSR count). The number of piperidine rings is 1. The normalized spacial score (nSPS) is 14.4. The van der Waals surface area contributed by atoms with E-state index in [4.69, 9.17) is 14.7 Å². The van der Waals surface area contributed by atoms with E-state index < -0.39 is 0 Å². The zero-order valence-corrected chi connectivity index (χ0v) is 18.8. The molecule has 162 valence electrons. The van der Waals surface area contributed by atoms with Crippen LogP contribution in [0.3, 0.4) is 0 Å². The summed E-state index contributed by atoms with van der Waals surface area (Å²) >= 11 is 0. The molecule has 0 unspecified atom stereocenters. The molecule has 1 aliphatic rings. The Morgan fingerprint density at radius 1 is 0.935 bits per heavy atom. The molecule has 1 saturated heterocycles. The molecule has 1 aliphatic heterocycles. The Bertz CT molecular complexity index is 1030. The molecule has 6 heteroatoms. The first-order chi connectivity index (χ1) is 15.0. The van der Waals surface area contributed by atoms with Gasteiger partial charge < -0.3 is 20.3 Å². The highest BCUT2D eigenvalue weighted by Gasteiger charge is 2.19. The summed E-state index contributed by atoms with van der Waals surface area (Å²) in [7, 11) is 1.67. The van der Waals surface area contributed by atoms with E-state index in [-0.39, 0.29) is 0 Å². The maximum absolute atomic E-state index is 5.26. The third-order valence-corrected chi connectivity index (χ3v) is 5.82. The van der Waals surface area contributed by atoms with E-state index in [9.17, 15) is 0 Å². The fourth-order valence-corrected chi connectivity index (χ4v) is 3.77. The monoisotopic (exact) mass is 417 g/mol. The molecule has 0 aliphatic carbocycles. The van der Waals surface area contributed by atoms with Gasteiger partial charge in [-0.25, -0.2) is 0 Å². The number of nitrogens with zero attached hydrogens (tertiary/aromatic N) is 3. The van der Waals surface area contributed by atoms with Crippen molar-refractivity contribution in [2.75, 3.05) is 35.7 Å². The highest BCUT2D eigenvalue weighted by atomic mass is 16.5. The van der Waals surface area contributed by atoms with Crippen molar-refractivity contribution >= 4 is 29.0 Å². The number of benzene rings is 2. The molecule has 2 aromatic carbocycles. The first-order valence-corrected chi connectivity index (χ1v) is 10.9. The third-order valence-electron chi connectivity index (χ3n) is 5.82. The summed E-state index contributed by atoms with van der Waals surface area (Å²) < 4.78 is 5.26. The average molecular weight is 418 g/mol. The van der Waals surface area contributed by atoms with Crippen molar-refractivity contribution in [1.82, 2.24) is 9.97 Å². The molecule has 31 heavy (non-hydrogen) atoms. The maximum atomic E-state index is 5.26. The molecule has 2 heterocycles. The van der Waals surface area contributed by atoms with Gasteiger partial charge in [-0.05, 0) is 74.1 Å². The summed E-state index contributed by atoms with van der Waals surface area (Å²) in [5.74, 6) is 3.90. The second-order valence-electron chi connectivity index (χ2n) is 8.40. The van der Waals surface area contributed by atoms with Crippen LogP contribution in [0.1, 0.15) is 30.9 Å². The maximum Gasteiger partial charge on any atom is 0.231 e. The molecule has 2 N–H and O–H groups in total. The topological polar surface area (TPSA) is 62.3 Å². The third kappa shape index (κ3) is 5.26. The van der Waals surface area contributed by atoms with Crippen molar-refractivity contribution in [3.63, 3.8) is 0 Å². The van der Waals surface area contributed by atoms with Crippen molar-refractivity contribution in [3.8, 4) is 5.75 Å². The molecule has 0 atom stereocenters. The molecule has 6 nitrogen and oxygen atoms in total. The fourth-order valence-electron chi connectivity index (χ4n) is 3.77. The fraction of sp³-hybridized carbons (Fsp3) is 0.360. The zero-order chi connectivity index (χ0) is 21.8. The van der Waals surface area contributed by atoms with Crippen LogP contribution in [0.25, 0.3) is 0 Å². The summed E-state index contributed by atoms with van der Waals surface area (Å²) in [4.78, 5) is 11.9. The standard InChI is InChI=1S/C25H31N5O/c1-17-11-13-30(14-12-17)24-16-23(27-22-15-18(2)5-6-19(22)3)28-25(29-24)26-20-7-9-21(31-4)10-8-20/h5-10,15-17H,11-14H2,1-4H3,(H2,26,27,28,29). The van der Waals surface area contributed by atoms with Crippen LogP contribution in [0.2, 0.25) is 0 Å². The summed E-state index contributed by atoms with van der Waals surface area (Å²) in [5.41, 5.74) is 4.38. The minimum Gasteiger partial charge on any atom is -0.497 e. The SMILES string of the molecule is COc1ccc(Nc2nc(Nc3cc(C)ccc3C)cc(N3CCC(C)CC3)n2)cc1. The zero-order valence-electron chi connectivity index (χ0n) is 18.8. The highest BCUT2D eigenvalue weighted by molar-refractivity contribution is 5.66. The van der Waals surface area contributed by atoms with Crippen LogP contribution >= 0.6 is 0 Å². The number of rotatable bonds is 6. The number of aromatic nitrogens is 2. The van der Waals surface area contributed by atoms with Gasteiger partial charge in [0.15, 0.2) is 0 Å². The lowest BCUT2D eigenvalue weighted by Crippen LogP contribution is -2.33. The van der Waals surface area contributed by atoms with Crippen molar-refractivity contribution in [3.05, 3.63) is 59.7 Å². The van der Waals surface area contributed by atoms with Gasteiger partial charge in [0.1, 0.15) is 17.4 Å². The van der Waals surface area contributed by atoms with Crippen molar-refractivity contribution in [2.45, 2.75) is 33.6 Å². The van der Waals surface area contributed by atoms with Gasteiger partial charge in [-0.15, -0.1) is 0 Å². The van der Waals surface area contributed by atoms with Crippen LogP contribution in [0.5, 0.6) is 5.75 Å². The quantitative estimate of drug-likeness (QED) is 0.526. The Balaban J connectivity index is 1.64. The largest absolute Gasteiger partial charge is 0.497 e. The lowest BCUT2D eigenvalue weighted by atomic mass is 9.99. The van der Waals surface area contributed by atoms with Crippen LogP contribution in [-0.4, -0.2) is 30.2 Å². The Morgan fingerprint density at radius 2 is 1.68 bits per heavy atom. The summed E-state index contributed by atoms with van der Waals surface area (Å²) in [6.45, 7) is 8.56. The number of hydrogen-bond donors (Lipinski definition) is 2. The van der Waals surface area contributed by atoms with Gasteiger partial charge in [0.05, 0.1) is 7.11 Å². The minimum atomic E-state index is 0.578. The molecule has 0 amide bonds. The van der Waals surface area contributed by atoms with Crippen molar-refractivity contribution in [2.24, 2.45) is 5.92 Å². The number of hydrogen-bond acceptors (Lipinski definition) is 6. The van der Waals surface area contributed by atoms with Crippen molar-refractivity contribution in [1.29, 1.82) is 0 Å². The Hall–Kier alpha value is -3.28. The van der Waals surface area contributed by atoms with Gasteiger partial charge in [-0.1, -0.05) is 19.1 Å². The van der Waals surface area contributed by atoms with Gasteiger partial charge in [0.25, 0.3) is 0 Å². The highest BCUT2D eigenvalue weighted by Crippen LogP contribution is 2.28. The van der Waals surface area contributed by atoms with E-state index in [1.807, 2.05) is 24.3 Å². The molecule has 0 radical (unpaired) electrons. The summed E-state index contributed by atoms with van der Waals surface area (Å²) in [6.07, 6.45) is 2.37. The molecular formula is C25H31N5O. The Kier molecular flexibility index (Phi) is 6.26.